The second-order valence-corrected chi connectivity index (χ2v) is 5.39. The molecule has 102 valence electrons. The summed E-state index contributed by atoms with van der Waals surface area (Å²) in [7, 11) is 0. The van der Waals surface area contributed by atoms with E-state index in [1.54, 1.807) is 11.8 Å². The standard InChI is InChI=1S/C12H19NO5/c1-12(17)5-2-6-13(7-12)10(14)8-3-4-9(18-8)11(15)16/h8-9,17H,2-7H2,1H3,(H,15,16). The van der Waals surface area contributed by atoms with Crippen molar-refractivity contribution in [2.45, 2.75) is 50.4 Å². The number of aliphatic hydroxyl groups is 1. The summed E-state index contributed by atoms with van der Waals surface area (Å²) < 4.78 is 5.23. The zero-order valence-electron chi connectivity index (χ0n) is 10.5. The van der Waals surface area contributed by atoms with E-state index in [4.69, 9.17) is 9.84 Å². The normalized spacial score (nSPS) is 36.7. The minimum absolute atomic E-state index is 0.196. The van der Waals surface area contributed by atoms with Gasteiger partial charge in [-0.15, -0.1) is 0 Å². The highest BCUT2D eigenvalue weighted by Crippen LogP contribution is 2.25. The van der Waals surface area contributed by atoms with Gasteiger partial charge in [-0.2, -0.15) is 0 Å². The second-order valence-electron chi connectivity index (χ2n) is 5.39. The number of hydrogen-bond donors (Lipinski definition) is 2. The average Bonchev–Trinajstić information content (AvgIpc) is 2.76. The molecule has 6 nitrogen and oxygen atoms in total. The molecule has 0 aliphatic carbocycles. The van der Waals surface area contributed by atoms with E-state index < -0.39 is 23.8 Å². The zero-order chi connectivity index (χ0) is 13.3. The van der Waals surface area contributed by atoms with Crippen LogP contribution in [0.1, 0.15) is 32.6 Å². The van der Waals surface area contributed by atoms with E-state index in [1.807, 2.05) is 0 Å². The lowest BCUT2D eigenvalue weighted by atomic mass is 9.95. The Morgan fingerprint density at radius 2 is 2.00 bits per heavy atom. The molecule has 3 atom stereocenters. The summed E-state index contributed by atoms with van der Waals surface area (Å²) in [5.41, 5.74) is -0.848. The number of amides is 1. The van der Waals surface area contributed by atoms with Gasteiger partial charge in [0.2, 0.25) is 0 Å². The maximum Gasteiger partial charge on any atom is 0.332 e. The number of piperidine rings is 1. The van der Waals surface area contributed by atoms with E-state index in [2.05, 4.69) is 0 Å². The molecule has 2 heterocycles. The van der Waals surface area contributed by atoms with Crippen molar-refractivity contribution in [2.75, 3.05) is 13.1 Å². The Morgan fingerprint density at radius 3 is 2.56 bits per heavy atom. The molecular formula is C12H19NO5. The largest absolute Gasteiger partial charge is 0.479 e. The molecule has 0 aromatic carbocycles. The Morgan fingerprint density at radius 1 is 1.33 bits per heavy atom. The first-order valence-corrected chi connectivity index (χ1v) is 6.28. The Labute approximate surface area is 106 Å². The van der Waals surface area contributed by atoms with Gasteiger partial charge in [0.25, 0.3) is 5.91 Å². The maximum absolute atomic E-state index is 12.2. The SMILES string of the molecule is CC1(O)CCCN(C(=O)C2CCC(C(=O)O)O2)C1. The molecule has 1 amide bonds. The second kappa shape index (κ2) is 4.85. The minimum atomic E-state index is -1.02. The molecule has 0 aromatic rings. The van der Waals surface area contributed by atoms with Crippen LogP contribution in [0, 0.1) is 0 Å². The molecule has 6 heteroatoms. The fourth-order valence-corrected chi connectivity index (χ4v) is 2.61. The van der Waals surface area contributed by atoms with Gasteiger partial charge in [-0.25, -0.2) is 4.79 Å². The van der Waals surface area contributed by atoms with Gasteiger partial charge in [-0.05, 0) is 32.6 Å². The van der Waals surface area contributed by atoms with Gasteiger partial charge in [0.1, 0.15) is 6.10 Å². The van der Waals surface area contributed by atoms with Gasteiger partial charge in [-0.1, -0.05) is 0 Å². The number of β-amino-alcohol motifs (C(OH)–C–C–N with tert-alkyl or cyclic N) is 1. The highest BCUT2D eigenvalue weighted by molar-refractivity contribution is 5.83. The summed E-state index contributed by atoms with van der Waals surface area (Å²) in [6.45, 7) is 2.61. The first-order chi connectivity index (χ1) is 8.39. The summed E-state index contributed by atoms with van der Waals surface area (Å²) in [5, 5.41) is 18.8. The van der Waals surface area contributed by atoms with Gasteiger partial charge in [0.05, 0.1) is 5.60 Å². The average molecular weight is 257 g/mol. The van der Waals surface area contributed by atoms with E-state index in [1.165, 1.54) is 0 Å². The molecule has 0 saturated carbocycles. The fraction of sp³-hybridized carbons (Fsp3) is 0.833. The highest BCUT2D eigenvalue weighted by atomic mass is 16.5. The van der Waals surface area contributed by atoms with Crippen molar-refractivity contribution in [3.8, 4) is 0 Å². The van der Waals surface area contributed by atoms with Crippen LogP contribution in [0.4, 0.5) is 0 Å². The van der Waals surface area contributed by atoms with Crippen molar-refractivity contribution >= 4 is 11.9 Å². The van der Waals surface area contributed by atoms with Crippen LogP contribution in [-0.2, 0) is 14.3 Å². The van der Waals surface area contributed by atoms with E-state index in [0.717, 1.165) is 6.42 Å². The number of likely N-dealkylation sites (tertiary alicyclic amines) is 1. The van der Waals surface area contributed by atoms with Gasteiger partial charge in [0.15, 0.2) is 6.10 Å². The van der Waals surface area contributed by atoms with Crippen LogP contribution in [0.2, 0.25) is 0 Å². The first kappa shape index (κ1) is 13.3. The van der Waals surface area contributed by atoms with Crippen LogP contribution in [0.5, 0.6) is 0 Å². The molecule has 2 aliphatic rings. The number of carboxylic acid groups (broad SMARTS) is 1. The van der Waals surface area contributed by atoms with Crippen LogP contribution in [0.15, 0.2) is 0 Å². The third-order valence-electron chi connectivity index (χ3n) is 3.56. The van der Waals surface area contributed by atoms with E-state index >= 15 is 0 Å². The fourth-order valence-electron chi connectivity index (χ4n) is 2.61. The number of ether oxygens (including phenoxy) is 1. The molecule has 2 aliphatic heterocycles. The summed E-state index contributed by atoms with van der Waals surface area (Å²) in [6.07, 6.45) is 0.711. The predicted molar refractivity (Wildman–Crippen MR) is 62.0 cm³/mol. The molecule has 2 rings (SSSR count). The third kappa shape index (κ3) is 2.81. The molecule has 2 N–H and O–H groups in total. The molecule has 0 bridgehead atoms. The van der Waals surface area contributed by atoms with Crippen molar-refractivity contribution in [2.24, 2.45) is 0 Å². The van der Waals surface area contributed by atoms with Crippen LogP contribution in [0.25, 0.3) is 0 Å². The van der Waals surface area contributed by atoms with Crippen LogP contribution < -0.4 is 0 Å². The van der Waals surface area contributed by atoms with E-state index in [-0.39, 0.29) is 5.91 Å². The predicted octanol–water partition coefficient (Wildman–Crippen LogP) is -0.00800. The Bertz CT molecular complexity index is 354. The lowest BCUT2D eigenvalue weighted by Gasteiger charge is -2.37. The molecular weight excluding hydrogens is 238 g/mol. The van der Waals surface area contributed by atoms with Gasteiger partial charge < -0.3 is 19.8 Å². The summed E-state index contributed by atoms with van der Waals surface area (Å²) >= 11 is 0. The topological polar surface area (TPSA) is 87.1 Å². The summed E-state index contributed by atoms with van der Waals surface area (Å²) in [6, 6.07) is 0. The molecule has 0 spiro atoms. The maximum atomic E-state index is 12.2. The summed E-state index contributed by atoms with van der Waals surface area (Å²) in [4.78, 5) is 24.5. The van der Waals surface area contributed by atoms with Crippen molar-refractivity contribution in [3.63, 3.8) is 0 Å². The van der Waals surface area contributed by atoms with Crippen LogP contribution in [-0.4, -0.2) is 57.9 Å². The zero-order valence-corrected chi connectivity index (χ0v) is 10.5. The molecule has 0 aromatic heterocycles. The Kier molecular flexibility index (Phi) is 3.59. The third-order valence-corrected chi connectivity index (χ3v) is 3.56. The molecule has 2 saturated heterocycles. The van der Waals surface area contributed by atoms with Crippen molar-refractivity contribution in [1.82, 2.24) is 4.90 Å². The van der Waals surface area contributed by atoms with E-state index in [0.29, 0.717) is 32.4 Å². The van der Waals surface area contributed by atoms with Crippen molar-refractivity contribution in [1.29, 1.82) is 0 Å². The number of rotatable bonds is 2. The Balaban J connectivity index is 1.94. The number of hydrogen-bond acceptors (Lipinski definition) is 4. The van der Waals surface area contributed by atoms with Crippen molar-refractivity contribution < 1.29 is 24.5 Å². The number of carbonyl (C=O) groups excluding carboxylic acids is 1. The quantitative estimate of drug-likeness (QED) is 0.726. The Hall–Kier alpha value is -1.14. The first-order valence-electron chi connectivity index (χ1n) is 6.28. The molecule has 18 heavy (non-hydrogen) atoms. The monoisotopic (exact) mass is 257 g/mol. The van der Waals surface area contributed by atoms with Gasteiger partial charge in [-0.3, -0.25) is 4.79 Å². The highest BCUT2D eigenvalue weighted by Gasteiger charge is 2.39. The molecule has 2 fully saturated rings. The smallest absolute Gasteiger partial charge is 0.332 e. The lowest BCUT2D eigenvalue weighted by Crippen LogP contribution is -2.51. The molecule has 3 unspecified atom stereocenters. The van der Waals surface area contributed by atoms with Gasteiger partial charge >= 0.3 is 5.97 Å². The summed E-state index contributed by atoms with van der Waals surface area (Å²) in [5.74, 6) is -1.21. The molecule has 0 radical (unpaired) electrons. The van der Waals surface area contributed by atoms with Crippen LogP contribution in [0.3, 0.4) is 0 Å². The van der Waals surface area contributed by atoms with Crippen molar-refractivity contribution in [3.05, 3.63) is 0 Å². The minimum Gasteiger partial charge on any atom is -0.479 e. The number of carbonyl (C=O) groups is 2. The number of carboxylic acids is 1. The van der Waals surface area contributed by atoms with Crippen LogP contribution >= 0.6 is 0 Å². The number of nitrogens with zero attached hydrogens (tertiary/aromatic N) is 1. The van der Waals surface area contributed by atoms with E-state index in [9.17, 15) is 14.7 Å². The number of aliphatic carboxylic acids is 1. The van der Waals surface area contributed by atoms with Gasteiger partial charge in [0, 0.05) is 13.1 Å². The lowest BCUT2D eigenvalue weighted by molar-refractivity contribution is -0.157.